The summed E-state index contributed by atoms with van der Waals surface area (Å²) in [5.41, 5.74) is 1.97. The maximum atomic E-state index is 13.1. The Bertz CT molecular complexity index is 1290. The number of fused-ring (bicyclic) bond motifs is 1. The number of aromatic amines is 1. The molecule has 2 aliphatic heterocycles. The van der Waals surface area contributed by atoms with Crippen LogP contribution in [-0.4, -0.2) is 66.5 Å². The molecule has 2 aliphatic rings. The highest BCUT2D eigenvalue weighted by molar-refractivity contribution is 7.92. The molecule has 2 saturated heterocycles. The molecule has 0 bridgehead atoms. The number of rotatable bonds is 5. The molecule has 0 radical (unpaired) electrons. The Balaban J connectivity index is 1.74. The van der Waals surface area contributed by atoms with Gasteiger partial charge in [-0.15, -0.1) is 0 Å². The van der Waals surface area contributed by atoms with Gasteiger partial charge in [0.2, 0.25) is 5.88 Å². The van der Waals surface area contributed by atoms with Gasteiger partial charge < -0.3 is 19.4 Å². The molecule has 1 N–H and O–H groups in total. The topological polar surface area (TPSA) is 110 Å². The number of ether oxygens (including phenoxy) is 2. The largest absolute Gasteiger partial charge is 0.478 e. The maximum Gasteiger partial charge on any atom is 0.215 e. The van der Waals surface area contributed by atoms with E-state index in [0.717, 1.165) is 10.9 Å². The molecule has 2 fully saturated rings. The number of anilines is 1. The molecule has 0 unspecified atom stereocenters. The first-order chi connectivity index (χ1) is 15.8. The number of aromatic nitrogens is 4. The Morgan fingerprint density at radius 2 is 2.15 bits per heavy atom. The molecule has 3 aromatic heterocycles. The van der Waals surface area contributed by atoms with Gasteiger partial charge in [0.05, 0.1) is 37.3 Å². The number of hydrogen-bond donors (Lipinski definition) is 1. The predicted molar refractivity (Wildman–Crippen MR) is 126 cm³/mol. The van der Waals surface area contributed by atoms with E-state index >= 15 is 0 Å². The van der Waals surface area contributed by atoms with Crippen LogP contribution in [0.1, 0.15) is 39.3 Å². The molecule has 5 rings (SSSR count). The van der Waals surface area contributed by atoms with Crippen LogP contribution in [0.5, 0.6) is 5.88 Å². The van der Waals surface area contributed by atoms with Crippen LogP contribution in [0.2, 0.25) is 0 Å². The van der Waals surface area contributed by atoms with Crippen LogP contribution in [0.15, 0.2) is 24.4 Å². The lowest BCUT2D eigenvalue weighted by Gasteiger charge is -2.35. The number of hydrogen-bond acceptors (Lipinski definition) is 8. The zero-order chi connectivity index (χ0) is 23.2. The van der Waals surface area contributed by atoms with Crippen molar-refractivity contribution in [2.24, 2.45) is 0 Å². The van der Waals surface area contributed by atoms with Crippen molar-refractivity contribution in [1.82, 2.24) is 19.9 Å². The monoisotopic (exact) mass is 471 g/mol. The number of morpholine rings is 1. The van der Waals surface area contributed by atoms with Gasteiger partial charge in [-0.3, -0.25) is 0 Å². The van der Waals surface area contributed by atoms with Crippen molar-refractivity contribution in [3.63, 3.8) is 0 Å². The van der Waals surface area contributed by atoms with Crippen LogP contribution in [0.25, 0.3) is 22.4 Å². The third-order valence-corrected chi connectivity index (χ3v) is 9.32. The van der Waals surface area contributed by atoms with Crippen LogP contribution in [0.4, 0.5) is 5.82 Å². The number of nitrogens with zero attached hydrogens (tertiary/aromatic N) is 4. The number of H-pyrrole nitrogens is 1. The van der Waals surface area contributed by atoms with Crippen molar-refractivity contribution < 1.29 is 17.9 Å². The van der Waals surface area contributed by atoms with E-state index < -0.39 is 14.6 Å². The zero-order valence-electron chi connectivity index (χ0n) is 19.2. The Kier molecular flexibility index (Phi) is 5.52. The van der Waals surface area contributed by atoms with Crippen LogP contribution < -0.4 is 9.64 Å². The second-order valence-corrected chi connectivity index (χ2v) is 11.4. The SMILES string of the molecule is CCOc1cc(-c2nc(N3CCOC[C@H]3C)cc([C@@]3(C)CCCS3(=O)=O)n2)c2cc[nH]c2n1. The predicted octanol–water partition coefficient (Wildman–Crippen LogP) is 3.07. The molecule has 0 spiro atoms. The van der Waals surface area contributed by atoms with Crippen molar-refractivity contribution >= 4 is 26.7 Å². The van der Waals surface area contributed by atoms with Gasteiger partial charge in [0.1, 0.15) is 16.2 Å². The molecule has 2 atom stereocenters. The molecule has 3 aromatic rings. The van der Waals surface area contributed by atoms with E-state index in [1.165, 1.54) is 0 Å². The van der Waals surface area contributed by atoms with Crippen molar-refractivity contribution in [3.8, 4) is 17.3 Å². The van der Waals surface area contributed by atoms with Gasteiger partial charge in [0, 0.05) is 35.8 Å². The standard InChI is InChI=1S/C23H29N5O4S/c1-4-32-20-12-17(16-6-8-24-21(16)27-20)22-25-18(23(3)7-5-11-33(23,29)30)13-19(26-22)28-9-10-31-14-15(28)2/h6,8,12-13,15H,4-5,7,9-11,14H2,1-3H3,(H,24,27)/t15-,23-/m1/s1. The smallest absolute Gasteiger partial charge is 0.215 e. The van der Waals surface area contributed by atoms with E-state index in [1.54, 1.807) is 6.92 Å². The van der Waals surface area contributed by atoms with E-state index in [2.05, 4.69) is 21.8 Å². The molecule has 0 aliphatic carbocycles. The molecular weight excluding hydrogens is 442 g/mol. The fourth-order valence-electron chi connectivity index (χ4n) is 4.73. The van der Waals surface area contributed by atoms with Gasteiger partial charge >= 0.3 is 0 Å². The highest BCUT2D eigenvalue weighted by Gasteiger charge is 2.47. The summed E-state index contributed by atoms with van der Waals surface area (Å²) in [6.07, 6.45) is 2.99. The van der Waals surface area contributed by atoms with Gasteiger partial charge in [-0.25, -0.2) is 18.4 Å². The summed E-state index contributed by atoms with van der Waals surface area (Å²) >= 11 is 0. The third kappa shape index (κ3) is 3.74. The van der Waals surface area contributed by atoms with Crippen LogP contribution in [0.3, 0.4) is 0 Å². The second kappa shape index (κ2) is 8.25. The first kappa shape index (κ1) is 22.1. The summed E-state index contributed by atoms with van der Waals surface area (Å²) in [6, 6.07) is 5.73. The van der Waals surface area contributed by atoms with E-state index in [1.807, 2.05) is 31.3 Å². The molecule has 5 heterocycles. The zero-order valence-corrected chi connectivity index (χ0v) is 20.0. The van der Waals surface area contributed by atoms with E-state index in [4.69, 9.17) is 19.4 Å². The summed E-state index contributed by atoms with van der Waals surface area (Å²) in [5.74, 6) is 1.83. The lowest BCUT2D eigenvalue weighted by molar-refractivity contribution is 0.0985. The Morgan fingerprint density at radius 3 is 2.88 bits per heavy atom. The van der Waals surface area contributed by atoms with Crippen LogP contribution >= 0.6 is 0 Å². The van der Waals surface area contributed by atoms with E-state index in [-0.39, 0.29) is 11.8 Å². The van der Waals surface area contributed by atoms with E-state index in [0.29, 0.717) is 68.1 Å². The van der Waals surface area contributed by atoms with Crippen molar-refractivity contribution in [1.29, 1.82) is 0 Å². The minimum absolute atomic E-state index is 0.117. The highest BCUT2D eigenvalue weighted by Crippen LogP contribution is 2.42. The van der Waals surface area contributed by atoms with E-state index in [9.17, 15) is 8.42 Å². The van der Waals surface area contributed by atoms with Crippen molar-refractivity contribution in [2.75, 3.05) is 37.0 Å². The summed E-state index contributed by atoms with van der Waals surface area (Å²) in [4.78, 5) is 19.6. The first-order valence-electron chi connectivity index (χ1n) is 11.4. The summed E-state index contributed by atoms with van der Waals surface area (Å²) in [7, 11) is -3.32. The lowest BCUT2D eigenvalue weighted by atomic mass is 10.0. The molecule has 33 heavy (non-hydrogen) atoms. The Morgan fingerprint density at radius 1 is 1.30 bits per heavy atom. The van der Waals surface area contributed by atoms with Crippen molar-refractivity contribution in [2.45, 2.75) is 44.4 Å². The average molecular weight is 472 g/mol. The average Bonchev–Trinajstić information content (AvgIpc) is 3.37. The summed E-state index contributed by atoms with van der Waals surface area (Å²) in [5, 5.41) is 0.857. The molecule has 0 saturated carbocycles. The Labute approximate surface area is 193 Å². The normalized spacial score (nSPS) is 24.9. The van der Waals surface area contributed by atoms with Crippen molar-refractivity contribution in [3.05, 3.63) is 30.1 Å². The van der Waals surface area contributed by atoms with Gasteiger partial charge in [0.15, 0.2) is 15.7 Å². The van der Waals surface area contributed by atoms with Crippen LogP contribution in [0, 0.1) is 0 Å². The maximum absolute atomic E-state index is 13.1. The van der Waals surface area contributed by atoms with Crippen LogP contribution in [-0.2, 0) is 19.3 Å². The number of sulfone groups is 1. The molecule has 176 valence electrons. The minimum Gasteiger partial charge on any atom is -0.478 e. The minimum atomic E-state index is -3.32. The number of pyridine rings is 1. The molecular formula is C23H29N5O4S. The number of nitrogens with one attached hydrogen (secondary N) is 1. The fourth-order valence-corrected chi connectivity index (χ4v) is 6.58. The molecule has 0 amide bonds. The lowest BCUT2D eigenvalue weighted by Crippen LogP contribution is -2.44. The quantitative estimate of drug-likeness (QED) is 0.605. The molecule has 10 heteroatoms. The van der Waals surface area contributed by atoms with Gasteiger partial charge in [-0.2, -0.15) is 4.98 Å². The second-order valence-electron chi connectivity index (χ2n) is 8.89. The molecule has 0 aromatic carbocycles. The van der Waals surface area contributed by atoms with Gasteiger partial charge in [0.25, 0.3) is 0 Å². The fraction of sp³-hybridized carbons (Fsp3) is 0.522. The van der Waals surface area contributed by atoms with Gasteiger partial charge in [-0.05, 0) is 39.7 Å². The third-order valence-electron chi connectivity index (χ3n) is 6.71. The highest BCUT2D eigenvalue weighted by atomic mass is 32.2. The summed E-state index contributed by atoms with van der Waals surface area (Å²) in [6.45, 7) is 8.13. The molecule has 9 nitrogen and oxygen atoms in total. The first-order valence-corrected chi connectivity index (χ1v) is 13.0. The Hall–Kier alpha value is -2.72. The van der Waals surface area contributed by atoms with Gasteiger partial charge in [-0.1, -0.05) is 0 Å². The summed E-state index contributed by atoms with van der Waals surface area (Å²) < 4.78 is 36.4.